The molecule has 0 saturated heterocycles. The predicted octanol–water partition coefficient (Wildman–Crippen LogP) is 4.16. The van der Waals surface area contributed by atoms with Crippen molar-refractivity contribution in [1.82, 2.24) is 10.5 Å². The van der Waals surface area contributed by atoms with Gasteiger partial charge in [0.25, 0.3) is 5.91 Å². The highest BCUT2D eigenvalue weighted by molar-refractivity contribution is 5.93. The molecule has 0 atom stereocenters. The van der Waals surface area contributed by atoms with Gasteiger partial charge in [-0.15, -0.1) is 0 Å². The largest absolute Gasteiger partial charge is 0.335 e. The third-order valence-electron chi connectivity index (χ3n) is 4.54. The van der Waals surface area contributed by atoms with Gasteiger partial charge in [-0.25, -0.2) is 9.87 Å². The van der Waals surface area contributed by atoms with E-state index in [1.807, 2.05) is 47.4 Å². The average molecular weight is 361 g/mol. The lowest BCUT2D eigenvalue weighted by atomic mass is 10.1. The first-order valence-corrected chi connectivity index (χ1v) is 8.39. The van der Waals surface area contributed by atoms with E-state index in [-0.39, 0.29) is 12.1 Å². The molecule has 4 rings (SSSR count). The number of fused-ring (bicyclic) bond motifs is 2. The first-order valence-electron chi connectivity index (χ1n) is 8.39. The van der Waals surface area contributed by atoms with Crippen molar-refractivity contribution in [3.8, 4) is 0 Å². The Morgan fingerprint density at radius 2 is 1.85 bits per heavy atom. The number of rotatable bonds is 3. The molecule has 5 nitrogen and oxygen atoms in total. The summed E-state index contributed by atoms with van der Waals surface area (Å²) in [7, 11) is 0. The van der Waals surface area contributed by atoms with Crippen LogP contribution in [0.4, 0.5) is 15.8 Å². The number of amides is 1. The number of nitrogens with one attached hydrogen (secondary N) is 1. The van der Waals surface area contributed by atoms with Gasteiger partial charge in [0.1, 0.15) is 5.82 Å². The monoisotopic (exact) mass is 361 g/mol. The summed E-state index contributed by atoms with van der Waals surface area (Å²) < 4.78 is 14.6. The van der Waals surface area contributed by atoms with E-state index in [4.69, 9.17) is 5.21 Å². The minimum absolute atomic E-state index is 0.0544. The molecule has 2 aromatic carbocycles. The fourth-order valence-corrected chi connectivity index (χ4v) is 3.17. The van der Waals surface area contributed by atoms with Gasteiger partial charge < -0.3 is 4.90 Å². The highest BCUT2D eigenvalue weighted by Gasteiger charge is 2.20. The van der Waals surface area contributed by atoms with Gasteiger partial charge in [-0.3, -0.25) is 15.0 Å². The number of aromatic nitrogens is 1. The zero-order valence-electron chi connectivity index (χ0n) is 14.3. The SMILES string of the molecule is O=C(NO)c1ccc(CN2c3ccccc3C=Cc3ccncc32)c(F)c1. The Balaban J connectivity index is 1.78. The van der Waals surface area contributed by atoms with Crippen LogP contribution in [-0.4, -0.2) is 16.1 Å². The Labute approximate surface area is 155 Å². The molecular formula is C21H16FN3O2. The molecule has 1 amide bonds. The number of carbonyl (C=O) groups excluding carboxylic acids is 1. The number of anilines is 2. The molecule has 2 heterocycles. The Kier molecular flexibility index (Phi) is 4.40. The van der Waals surface area contributed by atoms with E-state index in [9.17, 15) is 9.18 Å². The van der Waals surface area contributed by atoms with Gasteiger partial charge >= 0.3 is 0 Å². The molecule has 0 saturated carbocycles. The lowest BCUT2D eigenvalue weighted by Crippen LogP contribution is -2.21. The second-order valence-corrected chi connectivity index (χ2v) is 6.16. The summed E-state index contributed by atoms with van der Waals surface area (Å²) in [5.74, 6) is -1.27. The van der Waals surface area contributed by atoms with Crippen LogP contribution < -0.4 is 10.4 Å². The van der Waals surface area contributed by atoms with E-state index in [1.165, 1.54) is 11.5 Å². The molecule has 1 aliphatic rings. The third-order valence-corrected chi connectivity index (χ3v) is 4.54. The van der Waals surface area contributed by atoms with Crippen LogP contribution in [0.1, 0.15) is 27.0 Å². The number of benzene rings is 2. The summed E-state index contributed by atoms with van der Waals surface area (Å²) in [6, 6.07) is 13.9. The summed E-state index contributed by atoms with van der Waals surface area (Å²) in [4.78, 5) is 17.7. The number of para-hydroxylation sites is 1. The summed E-state index contributed by atoms with van der Waals surface area (Å²) >= 11 is 0. The van der Waals surface area contributed by atoms with Gasteiger partial charge in [-0.1, -0.05) is 36.4 Å². The van der Waals surface area contributed by atoms with Crippen molar-refractivity contribution < 1.29 is 14.4 Å². The van der Waals surface area contributed by atoms with Crippen LogP contribution in [0.25, 0.3) is 12.2 Å². The summed E-state index contributed by atoms with van der Waals surface area (Å²) in [5.41, 5.74) is 5.81. The van der Waals surface area contributed by atoms with Crippen molar-refractivity contribution in [1.29, 1.82) is 0 Å². The molecule has 27 heavy (non-hydrogen) atoms. The van der Waals surface area contributed by atoms with Crippen LogP contribution >= 0.6 is 0 Å². The zero-order chi connectivity index (χ0) is 18.8. The summed E-state index contributed by atoms with van der Waals surface area (Å²) in [6.45, 7) is 0.268. The molecule has 0 aliphatic carbocycles. The molecule has 1 aromatic heterocycles. The molecule has 2 N–H and O–H groups in total. The van der Waals surface area contributed by atoms with E-state index >= 15 is 0 Å². The molecule has 0 bridgehead atoms. The Morgan fingerprint density at radius 1 is 1.07 bits per heavy atom. The normalized spacial score (nSPS) is 12.1. The Morgan fingerprint density at radius 3 is 2.63 bits per heavy atom. The number of hydrogen-bond donors (Lipinski definition) is 2. The van der Waals surface area contributed by atoms with Crippen molar-refractivity contribution >= 4 is 29.4 Å². The summed E-state index contributed by atoms with van der Waals surface area (Å²) in [6.07, 6.45) is 7.52. The van der Waals surface area contributed by atoms with Crippen LogP contribution in [0.2, 0.25) is 0 Å². The fourth-order valence-electron chi connectivity index (χ4n) is 3.17. The van der Waals surface area contributed by atoms with Gasteiger partial charge in [0.05, 0.1) is 18.4 Å². The van der Waals surface area contributed by atoms with Gasteiger partial charge in [-0.2, -0.15) is 0 Å². The number of halogens is 1. The van der Waals surface area contributed by atoms with Crippen molar-refractivity contribution in [2.45, 2.75) is 6.54 Å². The minimum Gasteiger partial charge on any atom is -0.335 e. The maximum absolute atomic E-state index is 14.6. The average Bonchev–Trinajstić information content (AvgIpc) is 2.86. The number of hydroxylamine groups is 1. The number of hydrogen-bond acceptors (Lipinski definition) is 4. The third kappa shape index (κ3) is 3.18. The second kappa shape index (κ2) is 7.01. The van der Waals surface area contributed by atoms with Crippen molar-refractivity contribution in [2.24, 2.45) is 0 Å². The molecule has 3 aromatic rings. The van der Waals surface area contributed by atoms with Gasteiger partial charge in [0.2, 0.25) is 0 Å². The van der Waals surface area contributed by atoms with Crippen molar-refractivity contribution in [3.05, 3.63) is 89.0 Å². The second-order valence-electron chi connectivity index (χ2n) is 6.16. The standard InChI is InChI=1S/C21H16FN3O2/c22-18-11-16(21(26)24-27)7-8-17(18)13-25-19-4-2-1-3-14(19)5-6-15-9-10-23-12-20(15)25/h1-12,27H,13H2,(H,24,26). The van der Waals surface area contributed by atoms with E-state index in [0.29, 0.717) is 5.56 Å². The zero-order valence-corrected chi connectivity index (χ0v) is 14.3. The lowest BCUT2D eigenvalue weighted by molar-refractivity contribution is 0.0706. The van der Waals surface area contributed by atoms with Crippen molar-refractivity contribution in [2.75, 3.05) is 4.90 Å². The maximum atomic E-state index is 14.6. The topological polar surface area (TPSA) is 65.5 Å². The molecule has 1 aliphatic heterocycles. The maximum Gasteiger partial charge on any atom is 0.274 e. The van der Waals surface area contributed by atoms with E-state index in [2.05, 4.69) is 4.98 Å². The van der Waals surface area contributed by atoms with Crippen LogP contribution in [0, 0.1) is 5.82 Å². The number of carbonyl (C=O) groups is 1. The first kappa shape index (κ1) is 16.9. The minimum atomic E-state index is -0.751. The van der Waals surface area contributed by atoms with Crippen LogP contribution in [0.3, 0.4) is 0 Å². The molecule has 134 valence electrons. The molecule has 0 fully saturated rings. The molecule has 6 heteroatoms. The molecule has 0 spiro atoms. The van der Waals surface area contributed by atoms with E-state index in [0.717, 1.165) is 28.6 Å². The highest BCUT2D eigenvalue weighted by atomic mass is 19.1. The van der Waals surface area contributed by atoms with E-state index < -0.39 is 11.7 Å². The summed E-state index contributed by atoms with van der Waals surface area (Å²) in [5, 5.41) is 8.72. The van der Waals surface area contributed by atoms with Crippen molar-refractivity contribution in [3.63, 3.8) is 0 Å². The number of nitrogens with zero attached hydrogens (tertiary/aromatic N) is 2. The first-order chi connectivity index (χ1) is 13.2. The van der Waals surface area contributed by atoms with Gasteiger partial charge in [0, 0.05) is 28.6 Å². The lowest BCUT2D eigenvalue weighted by Gasteiger charge is -2.27. The number of pyridine rings is 1. The van der Waals surface area contributed by atoms with Gasteiger partial charge in [-0.05, 0) is 29.8 Å². The molecular weight excluding hydrogens is 345 g/mol. The predicted molar refractivity (Wildman–Crippen MR) is 101 cm³/mol. The van der Waals surface area contributed by atoms with E-state index in [1.54, 1.807) is 18.5 Å². The van der Waals surface area contributed by atoms with Crippen LogP contribution in [-0.2, 0) is 6.54 Å². The van der Waals surface area contributed by atoms with Crippen LogP contribution in [0.5, 0.6) is 0 Å². The Hall–Kier alpha value is -3.51. The van der Waals surface area contributed by atoms with Crippen LogP contribution in [0.15, 0.2) is 60.9 Å². The fraction of sp³-hybridized carbons (Fsp3) is 0.0476. The Bertz CT molecular complexity index is 1000. The van der Waals surface area contributed by atoms with Gasteiger partial charge in [0.15, 0.2) is 0 Å². The highest BCUT2D eigenvalue weighted by Crippen LogP contribution is 2.37. The molecule has 0 radical (unpaired) electrons. The molecule has 0 unspecified atom stereocenters. The quantitative estimate of drug-likeness (QED) is 0.543. The smallest absolute Gasteiger partial charge is 0.274 e.